The maximum absolute atomic E-state index is 14.5. The zero-order valence-electron chi connectivity index (χ0n) is 21.7. The average molecular weight is 542 g/mol. The minimum atomic E-state index is -5.01. The molecule has 2 N–H and O–H groups in total. The molecular formula is C29H30F7NO. The molecule has 9 heteroatoms. The van der Waals surface area contributed by atoms with Crippen molar-refractivity contribution in [3.05, 3.63) is 93.3 Å². The molecule has 206 valence electrons. The lowest BCUT2D eigenvalue weighted by Gasteiger charge is -2.24. The van der Waals surface area contributed by atoms with E-state index < -0.39 is 41.2 Å². The Hall–Kier alpha value is -2.91. The van der Waals surface area contributed by atoms with Crippen LogP contribution in [0.2, 0.25) is 0 Å². The van der Waals surface area contributed by atoms with Crippen molar-refractivity contribution in [2.45, 2.75) is 71.6 Å². The Kier molecular flexibility index (Phi) is 8.63. The molecule has 0 aromatic heterocycles. The standard InChI is InChI=1S/C29H30F7NO/c1-15(2)24-13-25(17(4)9-26(24)30)23-7-6-16(3)8-20(23)14-37-18(5)27(38)19-10-21(28(31,32)33)12-22(11-19)29(34,35)36/h6-13,15,18,27,37-38H,14H2,1-5H3/t18-,27-/m0/s1. The molecule has 0 aliphatic rings. The maximum atomic E-state index is 14.5. The highest BCUT2D eigenvalue weighted by atomic mass is 19.4. The molecule has 3 aromatic rings. The lowest BCUT2D eigenvalue weighted by molar-refractivity contribution is -0.143. The van der Waals surface area contributed by atoms with Crippen LogP contribution in [0.5, 0.6) is 0 Å². The van der Waals surface area contributed by atoms with E-state index in [0.717, 1.165) is 22.3 Å². The van der Waals surface area contributed by atoms with Crippen molar-refractivity contribution < 1.29 is 35.8 Å². The highest BCUT2D eigenvalue weighted by Gasteiger charge is 2.37. The first-order valence-corrected chi connectivity index (χ1v) is 12.1. The fourth-order valence-corrected chi connectivity index (χ4v) is 4.37. The summed E-state index contributed by atoms with van der Waals surface area (Å²) >= 11 is 0. The van der Waals surface area contributed by atoms with Crippen LogP contribution in [0.15, 0.2) is 48.5 Å². The molecule has 0 heterocycles. The Morgan fingerprint density at radius 1 is 0.789 bits per heavy atom. The molecule has 0 fully saturated rings. The zero-order chi connectivity index (χ0) is 28.6. The van der Waals surface area contributed by atoms with Crippen LogP contribution in [0, 0.1) is 19.7 Å². The summed E-state index contributed by atoms with van der Waals surface area (Å²) in [5, 5.41) is 13.8. The van der Waals surface area contributed by atoms with Crippen molar-refractivity contribution in [1.29, 1.82) is 0 Å². The second kappa shape index (κ2) is 11.1. The first-order valence-electron chi connectivity index (χ1n) is 12.1. The molecule has 0 bridgehead atoms. The van der Waals surface area contributed by atoms with Gasteiger partial charge in [-0.3, -0.25) is 0 Å². The van der Waals surface area contributed by atoms with Crippen LogP contribution >= 0.6 is 0 Å². The molecule has 0 unspecified atom stereocenters. The number of aliphatic hydroxyl groups excluding tert-OH is 1. The fraction of sp³-hybridized carbons (Fsp3) is 0.379. The van der Waals surface area contributed by atoms with Gasteiger partial charge in [0.1, 0.15) is 5.82 Å². The molecule has 3 rings (SSSR count). The smallest absolute Gasteiger partial charge is 0.387 e. The quantitative estimate of drug-likeness (QED) is 0.294. The number of benzene rings is 3. The van der Waals surface area contributed by atoms with Crippen molar-refractivity contribution in [3.8, 4) is 11.1 Å². The van der Waals surface area contributed by atoms with Gasteiger partial charge in [0.05, 0.1) is 17.2 Å². The number of aliphatic hydroxyl groups is 1. The van der Waals surface area contributed by atoms with Crippen LogP contribution < -0.4 is 5.32 Å². The number of hydrogen-bond acceptors (Lipinski definition) is 2. The predicted octanol–water partition coefficient (Wildman–Crippen LogP) is 8.48. The van der Waals surface area contributed by atoms with E-state index in [-0.39, 0.29) is 24.3 Å². The highest BCUT2D eigenvalue weighted by Crippen LogP contribution is 2.38. The Morgan fingerprint density at radius 3 is 1.89 bits per heavy atom. The summed E-state index contributed by atoms with van der Waals surface area (Å²) < 4.78 is 94.1. The van der Waals surface area contributed by atoms with Crippen molar-refractivity contribution in [2.24, 2.45) is 0 Å². The third-order valence-corrected chi connectivity index (χ3v) is 6.56. The summed E-state index contributed by atoms with van der Waals surface area (Å²) in [5.41, 5.74) is 1.14. The summed E-state index contributed by atoms with van der Waals surface area (Å²) in [5.74, 6) is -0.352. The largest absolute Gasteiger partial charge is 0.416 e. The van der Waals surface area contributed by atoms with Crippen molar-refractivity contribution >= 4 is 0 Å². The molecule has 0 saturated carbocycles. The van der Waals surface area contributed by atoms with Gasteiger partial charge in [0.15, 0.2) is 0 Å². The molecule has 0 radical (unpaired) electrons. The summed E-state index contributed by atoms with van der Waals surface area (Å²) in [7, 11) is 0. The van der Waals surface area contributed by atoms with Gasteiger partial charge in [-0.15, -0.1) is 0 Å². The van der Waals surface area contributed by atoms with Gasteiger partial charge in [0, 0.05) is 12.6 Å². The summed E-state index contributed by atoms with van der Waals surface area (Å²) in [6.45, 7) is 9.08. The minimum absolute atomic E-state index is 0.0315. The van der Waals surface area contributed by atoms with E-state index in [1.807, 2.05) is 39.0 Å². The Bertz CT molecular complexity index is 1260. The van der Waals surface area contributed by atoms with E-state index in [2.05, 4.69) is 5.32 Å². The third kappa shape index (κ3) is 6.74. The Balaban J connectivity index is 1.93. The first kappa shape index (κ1) is 29.6. The highest BCUT2D eigenvalue weighted by molar-refractivity contribution is 5.72. The second-order valence-electron chi connectivity index (χ2n) is 9.96. The van der Waals surface area contributed by atoms with E-state index >= 15 is 0 Å². The molecule has 0 amide bonds. The van der Waals surface area contributed by atoms with Crippen molar-refractivity contribution in [3.63, 3.8) is 0 Å². The molecule has 0 aliphatic heterocycles. The van der Waals surface area contributed by atoms with E-state index in [1.54, 1.807) is 13.0 Å². The zero-order valence-corrected chi connectivity index (χ0v) is 21.7. The summed E-state index contributed by atoms with van der Waals surface area (Å²) in [6, 6.07) is 9.15. The topological polar surface area (TPSA) is 32.3 Å². The van der Waals surface area contributed by atoms with Crippen LogP contribution in [0.3, 0.4) is 0 Å². The van der Waals surface area contributed by atoms with E-state index in [1.165, 1.54) is 13.0 Å². The Morgan fingerprint density at radius 2 is 1.37 bits per heavy atom. The lowest BCUT2D eigenvalue weighted by atomic mass is 9.90. The van der Waals surface area contributed by atoms with Crippen LogP contribution in [0.1, 0.15) is 71.7 Å². The molecular weight excluding hydrogens is 511 g/mol. The first-order chi connectivity index (χ1) is 17.5. The predicted molar refractivity (Wildman–Crippen MR) is 133 cm³/mol. The number of alkyl halides is 6. The van der Waals surface area contributed by atoms with Gasteiger partial charge in [-0.1, -0.05) is 37.6 Å². The SMILES string of the molecule is Cc1ccc(-c2cc(C(C)C)c(F)cc2C)c(CN[C@@H](C)[C@H](O)c2cc(C(F)(F)F)cc(C(F)(F)F)c2)c1. The number of aryl methyl sites for hydroxylation is 2. The molecule has 0 saturated heterocycles. The van der Waals surface area contributed by atoms with Gasteiger partial charge in [-0.25, -0.2) is 4.39 Å². The van der Waals surface area contributed by atoms with Crippen LogP contribution in [-0.4, -0.2) is 11.1 Å². The second-order valence-corrected chi connectivity index (χ2v) is 9.96. The maximum Gasteiger partial charge on any atom is 0.416 e. The van der Waals surface area contributed by atoms with Crippen molar-refractivity contribution in [1.82, 2.24) is 5.32 Å². The number of nitrogens with one attached hydrogen (secondary N) is 1. The molecule has 0 aliphatic carbocycles. The van der Waals surface area contributed by atoms with Gasteiger partial charge in [-0.2, -0.15) is 26.3 Å². The molecule has 2 nitrogen and oxygen atoms in total. The monoisotopic (exact) mass is 541 g/mol. The van der Waals surface area contributed by atoms with E-state index in [0.29, 0.717) is 23.3 Å². The van der Waals surface area contributed by atoms with Gasteiger partial charge < -0.3 is 10.4 Å². The molecule has 3 aromatic carbocycles. The van der Waals surface area contributed by atoms with Gasteiger partial charge in [0.2, 0.25) is 0 Å². The van der Waals surface area contributed by atoms with Crippen LogP contribution in [0.25, 0.3) is 11.1 Å². The molecule has 0 spiro atoms. The van der Waals surface area contributed by atoms with E-state index in [4.69, 9.17) is 0 Å². The van der Waals surface area contributed by atoms with Gasteiger partial charge in [-0.05, 0) is 90.4 Å². The number of halogens is 7. The van der Waals surface area contributed by atoms with Gasteiger partial charge in [0.25, 0.3) is 0 Å². The third-order valence-electron chi connectivity index (χ3n) is 6.56. The minimum Gasteiger partial charge on any atom is -0.387 e. The number of hydrogen-bond donors (Lipinski definition) is 2. The van der Waals surface area contributed by atoms with Crippen LogP contribution in [-0.2, 0) is 18.9 Å². The molecule has 2 atom stereocenters. The lowest BCUT2D eigenvalue weighted by Crippen LogP contribution is -2.32. The van der Waals surface area contributed by atoms with E-state index in [9.17, 15) is 35.8 Å². The van der Waals surface area contributed by atoms with Crippen molar-refractivity contribution in [2.75, 3.05) is 0 Å². The van der Waals surface area contributed by atoms with Gasteiger partial charge >= 0.3 is 12.4 Å². The van der Waals surface area contributed by atoms with Crippen LogP contribution in [0.4, 0.5) is 30.7 Å². The average Bonchev–Trinajstić information content (AvgIpc) is 2.81. The Labute approximate surface area is 217 Å². The summed E-state index contributed by atoms with van der Waals surface area (Å²) in [4.78, 5) is 0. The molecule has 38 heavy (non-hydrogen) atoms. The summed E-state index contributed by atoms with van der Waals surface area (Å²) in [6.07, 6.45) is -11.7. The fourth-order valence-electron chi connectivity index (χ4n) is 4.37. The number of rotatable bonds is 7. The normalized spacial score (nSPS) is 14.2.